The van der Waals surface area contributed by atoms with E-state index in [4.69, 9.17) is 0 Å². The first kappa shape index (κ1) is 19.0. The molecule has 0 aromatic carbocycles. The van der Waals surface area contributed by atoms with Gasteiger partial charge >= 0.3 is 0 Å². The van der Waals surface area contributed by atoms with Gasteiger partial charge in [-0.3, -0.25) is 9.59 Å². The molecule has 3 saturated heterocycles. The van der Waals surface area contributed by atoms with Crippen LogP contribution >= 0.6 is 11.8 Å². The van der Waals surface area contributed by atoms with Crippen molar-refractivity contribution in [2.75, 3.05) is 57.3 Å². The maximum Gasteiger partial charge on any atom is 0.232 e. The fourth-order valence-corrected chi connectivity index (χ4v) is 5.48. The number of carbonyl (C=O) groups excluding carboxylic acids is 2. The van der Waals surface area contributed by atoms with Gasteiger partial charge in [0.25, 0.3) is 0 Å². The van der Waals surface area contributed by atoms with Crippen LogP contribution in [0.5, 0.6) is 0 Å². The van der Waals surface area contributed by atoms with Crippen molar-refractivity contribution < 1.29 is 9.59 Å². The normalized spacial score (nSPS) is 28.1. The first-order chi connectivity index (χ1) is 12.1. The molecule has 0 radical (unpaired) electrons. The molecule has 0 saturated carbocycles. The molecule has 3 fully saturated rings. The fraction of sp³-hybridized carbons (Fsp3) is 0.895. The van der Waals surface area contributed by atoms with Gasteiger partial charge in [0.2, 0.25) is 11.8 Å². The van der Waals surface area contributed by atoms with Gasteiger partial charge in [-0.25, -0.2) is 0 Å². The first-order valence-corrected chi connectivity index (χ1v) is 11.1. The minimum atomic E-state index is 0.151. The molecule has 5 nitrogen and oxygen atoms in total. The number of carbonyl (C=O) groups is 2. The molecular formula is C19H33N3O2S. The van der Waals surface area contributed by atoms with Crippen molar-refractivity contribution in [3.05, 3.63) is 0 Å². The topological polar surface area (TPSA) is 43.9 Å². The Bertz CT molecular complexity index is 481. The molecule has 1 spiro atoms. The van der Waals surface area contributed by atoms with Gasteiger partial charge in [-0.1, -0.05) is 0 Å². The Kier molecular flexibility index (Phi) is 6.67. The highest BCUT2D eigenvalue weighted by Gasteiger charge is 2.42. The molecule has 0 bridgehead atoms. The van der Waals surface area contributed by atoms with Crippen LogP contribution in [-0.2, 0) is 9.59 Å². The number of piperidine rings is 2. The zero-order chi connectivity index (χ0) is 17.7. The molecule has 25 heavy (non-hydrogen) atoms. The van der Waals surface area contributed by atoms with E-state index >= 15 is 0 Å². The van der Waals surface area contributed by atoms with Gasteiger partial charge in [0.05, 0.1) is 5.75 Å². The average molecular weight is 368 g/mol. The van der Waals surface area contributed by atoms with Gasteiger partial charge in [0, 0.05) is 50.3 Å². The number of rotatable bonds is 6. The summed E-state index contributed by atoms with van der Waals surface area (Å²) in [7, 11) is 0. The molecule has 142 valence electrons. The highest BCUT2D eigenvalue weighted by atomic mass is 32.2. The van der Waals surface area contributed by atoms with E-state index in [1.165, 1.54) is 25.9 Å². The standard InChI is InChI=1S/C19H33N3O2S/c1-2-21-15-19(8-6-17(21)23)7-5-11-22(16-19)18(24)14-25-13-12-20-9-3-4-10-20/h2-16H2,1H3/t19-/m0/s1. The van der Waals surface area contributed by atoms with Crippen LogP contribution in [0.2, 0.25) is 0 Å². The van der Waals surface area contributed by atoms with Crippen LogP contribution in [-0.4, -0.2) is 83.8 Å². The molecule has 0 aromatic heterocycles. The highest BCUT2D eigenvalue weighted by molar-refractivity contribution is 7.99. The minimum absolute atomic E-state index is 0.151. The second kappa shape index (κ2) is 8.76. The summed E-state index contributed by atoms with van der Waals surface area (Å²) in [5, 5.41) is 0. The Balaban J connectivity index is 1.44. The summed E-state index contributed by atoms with van der Waals surface area (Å²) in [4.78, 5) is 31.2. The lowest BCUT2D eigenvalue weighted by molar-refractivity contribution is -0.141. The molecule has 3 rings (SSSR count). The van der Waals surface area contributed by atoms with Crippen molar-refractivity contribution in [1.82, 2.24) is 14.7 Å². The molecule has 1 atom stereocenters. The molecule has 0 aromatic rings. The van der Waals surface area contributed by atoms with Crippen LogP contribution in [0.15, 0.2) is 0 Å². The van der Waals surface area contributed by atoms with Crippen LogP contribution < -0.4 is 0 Å². The van der Waals surface area contributed by atoms with Crippen LogP contribution in [0.3, 0.4) is 0 Å². The number of hydrogen-bond donors (Lipinski definition) is 0. The molecule has 0 aliphatic carbocycles. The van der Waals surface area contributed by atoms with E-state index in [0.717, 1.165) is 57.7 Å². The summed E-state index contributed by atoms with van der Waals surface area (Å²) in [5.41, 5.74) is 0.151. The Morgan fingerprint density at radius 3 is 2.68 bits per heavy atom. The average Bonchev–Trinajstić information content (AvgIpc) is 3.14. The summed E-state index contributed by atoms with van der Waals surface area (Å²) in [5.74, 6) is 2.25. The maximum absolute atomic E-state index is 12.6. The van der Waals surface area contributed by atoms with E-state index in [9.17, 15) is 9.59 Å². The number of hydrogen-bond acceptors (Lipinski definition) is 4. The molecule has 3 aliphatic rings. The summed E-state index contributed by atoms with van der Waals surface area (Å²) in [6.45, 7) is 9.02. The van der Waals surface area contributed by atoms with Crippen molar-refractivity contribution in [2.45, 2.75) is 45.4 Å². The second-order valence-electron chi connectivity index (χ2n) is 7.93. The summed E-state index contributed by atoms with van der Waals surface area (Å²) < 4.78 is 0. The van der Waals surface area contributed by atoms with Gasteiger partial charge < -0.3 is 14.7 Å². The van der Waals surface area contributed by atoms with E-state index in [1.54, 1.807) is 11.8 Å². The first-order valence-electron chi connectivity index (χ1n) is 9.97. The van der Waals surface area contributed by atoms with Gasteiger partial charge in [-0.05, 0) is 52.1 Å². The lowest BCUT2D eigenvalue weighted by Crippen LogP contribution is -2.55. The second-order valence-corrected chi connectivity index (χ2v) is 9.03. The third-order valence-corrected chi connectivity index (χ3v) is 7.04. The summed E-state index contributed by atoms with van der Waals surface area (Å²) >= 11 is 1.78. The molecule has 0 N–H and O–H groups in total. The predicted octanol–water partition coefficient (Wildman–Crippen LogP) is 2.07. The van der Waals surface area contributed by atoms with E-state index in [0.29, 0.717) is 18.1 Å². The number of thioether (sulfide) groups is 1. The monoisotopic (exact) mass is 367 g/mol. The van der Waals surface area contributed by atoms with E-state index in [2.05, 4.69) is 16.7 Å². The van der Waals surface area contributed by atoms with Crippen LogP contribution in [0.1, 0.15) is 45.4 Å². The maximum atomic E-state index is 12.6. The summed E-state index contributed by atoms with van der Waals surface area (Å²) in [6.07, 6.45) is 6.50. The van der Waals surface area contributed by atoms with Gasteiger partial charge in [-0.2, -0.15) is 11.8 Å². The number of nitrogens with zero attached hydrogens (tertiary/aromatic N) is 3. The van der Waals surface area contributed by atoms with Crippen molar-refractivity contribution in [3.63, 3.8) is 0 Å². The quantitative estimate of drug-likeness (QED) is 0.674. The lowest BCUT2D eigenvalue weighted by Gasteiger charge is -2.48. The Morgan fingerprint density at radius 1 is 1.12 bits per heavy atom. The smallest absolute Gasteiger partial charge is 0.232 e. The predicted molar refractivity (Wildman–Crippen MR) is 103 cm³/mol. The summed E-state index contributed by atoms with van der Waals surface area (Å²) in [6, 6.07) is 0. The van der Waals surface area contributed by atoms with E-state index in [1.807, 2.05) is 4.90 Å². The van der Waals surface area contributed by atoms with Gasteiger partial charge in [0.1, 0.15) is 0 Å². The lowest BCUT2D eigenvalue weighted by atomic mass is 9.73. The molecule has 2 amide bonds. The van der Waals surface area contributed by atoms with Gasteiger partial charge in [0.15, 0.2) is 0 Å². The molecule has 3 heterocycles. The Hall–Kier alpha value is -0.750. The van der Waals surface area contributed by atoms with Crippen LogP contribution in [0.25, 0.3) is 0 Å². The molecule has 6 heteroatoms. The van der Waals surface area contributed by atoms with E-state index in [-0.39, 0.29) is 11.3 Å². The fourth-order valence-electron chi connectivity index (χ4n) is 4.60. The molecular weight excluding hydrogens is 334 g/mol. The SMILES string of the molecule is CCN1C[C@]2(CCCN(C(=O)CSCCN3CCCC3)C2)CCC1=O. The Morgan fingerprint density at radius 2 is 1.92 bits per heavy atom. The number of likely N-dealkylation sites (tertiary alicyclic amines) is 3. The van der Waals surface area contributed by atoms with E-state index < -0.39 is 0 Å². The zero-order valence-electron chi connectivity index (χ0n) is 15.7. The van der Waals surface area contributed by atoms with Crippen molar-refractivity contribution >= 4 is 23.6 Å². The largest absolute Gasteiger partial charge is 0.342 e. The molecule has 0 unspecified atom stereocenters. The minimum Gasteiger partial charge on any atom is -0.342 e. The highest BCUT2D eigenvalue weighted by Crippen LogP contribution is 2.38. The third-order valence-electron chi connectivity index (χ3n) is 6.12. The third kappa shape index (κ3) is 4.91. The van der Waals surface area contributed by atoms with Gasteiger partial charge in [-0.15, -0.1) is 0 Å². The zero-order valence-corrected chi connectivity index (χ0v) is 16.5. The molecule has 3 aliphatic heterocycles. The van der Waals surface area contributed by atoms with Crippen LogP contribution in [0.4, 0.5) is 0 Å². The number of amides is 2. The Labute approximate surface area is 156 Å². The van der Waals surface area contributed by atoms with Crippen molar-refractivity contribution in [1.29, 1.82) is 0 Å². The van der Waals surface area contributed by atoms with Crippen molar-refractivity contribution in [3.8, 4) is 0 Å². The van der Waals surface area contributed by atoms with Crippen molar-refractivity contribution in [2.24, 2.45) is 5.41 Å². The van der Waals surface area contributed by atoms with Crippen LogP contribution in [0, 0.1) is 5.41 Å².